The molecule has 1 N–H and O–H groups in total. The average Bonchev–Trinajstić information content (AvgIpc) is 2.47. The number of nitrogens with one attached hydrogen (secondary N) is 1. The highest BCUT2D eigenvalue weighted by atomic mass is 32.2. The molecule has 19 heavy (non-hydrogen) atoms. The van der Waals surface area contributed by atoms with Gasteiger partial charge in [-0.2, -0.15) is 35.3 Å². The summed E-state index contributed by atoms with van der Waals surface area (Å²) in [6.07, 6.45) is 4.99. The molecule has 0 aromatic rings. The third-order valence-corrected chi connectivity index (χ3v) is 8.25. The van der Waals surface area contributed by atoms with E-state index in [1.165, 1.54) is 61.0 Å². The summed E-state index contributed by atoms with van der Waals surface area (Å²) in [7, 11) is 0. The van der Waals surface area contributed by atoms with Gasteiger partial charge in [0.25, 0.3) is 0 Å². The molecule has 110 valence electrons. The van der Waals surface area contributed by atoms with E-state index in [0.717, 1.165) is 11.9 Å². The van der Waals surface area contributed by atoms with Crippen LogP contribution in [-0.2, 0) is 4.74 Å². The molecule has 0 amide bonds. The summed E-state index contributed by atoms with van der Waals surface area (Å²) in [5.41, 5.74) is 0.232. The van der Waals surface area contributed by atoms with Gasteiger partial charge in [-0.15, -0.1) is 0 Å². The zero-order valence-corrected chi connectivity index (χ0v) is 14.0. The zero-order chi connectivity index (χ0) is 13.0. The van der Waals surface area contributed by atoms with E-state index in [9.17, 15) is 0 Å². The van der Waals surface area contributed by atoms with Crippen LogP contribution in [-0.4, -0.2) is 58.8 Å². The van der Waals surface area contributed by atoms with Crippen molar-refractivity contribution in [1.29, 1.82) is 0 Å². The lowest BCUT2D eigenvalue weighted by Crippen LogP contribution is -2.50. The normalized spacial score (nSPS) is 35.4. The van der Waals surface area contributed by atoms with E-state index in [1.807, 2.05) is 0 Å². The molecule has 2 atom stereocenters. The lowest BCUT2D eigenvalue weighted by atomic mass is 9.85. The Bertz CT molecular complexity index is 272. The van der Waals surface area contributed by atoms with Crippen molar-refractivity contribution in [3.63, 3.8) is 0 Å². The fourth-order valence-corrected chi connectivity index (χ4v) is 7.11. The van der Waals surface area contributed by atoms with Crippen molar-refractivity contribution in [3.8, 4) is 0 Å². The second-order valence-electron chi connectivity index (χ2n) is 5.81. The predicted octanol–water partition coefficient (Wildman–Crippen LogP) is 2.87. The molecule has 3 saturated heterocycles. The summed E-state index contributed by atoms with van der Waals surface area (Å²) in [5, 5.41) is 4.67. The minimum atomic E-state index is 0.232. The van der Waals surface area contributed by atoms with Crippen LogP contribution in [0.1, 0.15) is 25.7 Å². The van der Waals surface area contributed by atoms with Crippen LogP contribution >= 0.6 is 35.3 Å². The first kappa shape index (κ1) is 14.9. The smallest absolute Gasteiger partial charge is 0.0713 e. The molecule has 0 radical (unpaired) electrons. The molecular weight excluding hydrogens is 294 g/mol. The first-order valence-corrected chi connectivity index (χ1v) is 10.9. The summed E-state index contributed by atoms with van der Waals surface area (Å²) >= 11 is 6.38. The highest BCUT2D eigenvalue weighted by Gasteiger charge is 2.38. The van der Waals surface area contributed by atoms with Gasteiger partial charge in [-0.3, -0.25) is 0 Å². The third-order valence-electron chi connectivity index (χ3n) is 4.42. The summed E-state index contributed by atoms with van der Waals surface area (Å²) in [4.78, 5) is 0. The maximum atomic E-state index is 6.17. The Labute approximate surface area is 129 Å². The van der Waals surface area contributed by atoms with E-state index in [0.29, 0.717) is 6.04 Å². The quantitative estimate of drug-likeness (QED) is 0.861. The lowest BCUT2D eigenvalue weighted by Gasteiger charge is -2.43. The molecule has 0 aromatic heterocycles. The van der Waals surface area contributed by atoms with E-state index in [-0.39, 0.29) is 5.60 Å². The Morgan fingerprint density at radius 3 is 2.79 bits per heavy atom. The van der Waals surface area contributed by atoms with Crippen LogP contribution in [0.2, 0.25) is 0 Å². The molecule has 3 aliphatic heterocycles. The van der Waals surface area contributed by atoms with E-state index in [4.69, 9.17) is 4.74 Å². The van der Waals surface area contributed by atoms with Crippen molar-refractivity contribution in [3.05, 3.63) is 0 Å². The van der Waals surface area contributed by atoms with Gasteiger partial charge >= 0.3 is 0 Å². The van der Waals surface area contributed by atoms with Gasteiger partial charge in [-0.05, 0) is 37.2 Å². The van der Waals surface area contributed by atoms with E-state index in [1.54, 1.807) is 0 Å². The van der Waals surface area contributed by atoms with Crippen molar-refractivity contribution in [2.75, 3.05) is 41.9 Å². The highest BCUT2D eigenvalue weighted by Crippen LogP contribution is 2.37. The summed E-state index contributed by atoms with van der Waals surface area (Å²) in [5.74, 6) is 6.61. The highest BCUT2D eigenvalue weighted by molar-refractivity contribution is 8.06. The lowest BCUT2D eigenvalue weighted by molar-refractivity contribution is -0.0930. The van der Waals surface area contributed by atoms with E-state index >= 15 is 0 Å². The van der Waals surface area contributed by atoms with Crippen LogP contribution in [0.15, 0.2) is 0 Å². The van der Waals surface area contributed by atoms with Gasteiger partial charge in [0.2, 0.25) is 0 Å². The summed E-state index contributed by atoms with van der Waals surface area (Å²) < 4.78 is 6.17. The molecule has 0 bridgehead atoms. The van der Waals surface area contributed by atoms with Crippen molar-refractivity contribution < 1.29 is 4.74 Å². The number of hydrogen-bond donors (Lipinski definition) is 1. The molecule has 3 aliphatic rings. The molecule has 0 saturated carbocycles. The van der Waals surface area contributed by atoms with Gasteiger partial charge in [0.15, 0.2) is 0 Å². The first-order chi connectivity index (χ1) is 9.36. The van der Waals surface area contributed by atoms with Crippen LogP contribution in [0.25, 0.3) is 0 Å². The maximum absolute atomic E-state index is 6.17. The molecule has 1 spiro atoms. The monoisotopic (exact) mass is 319 g/mol. The summed E-state index contributed by atoms with van der Waals surface area (Å²) in [6, 6.07) is 0.698. The average molecular weight is 320 g/mol. The van der Waals surface area contributed by atoms with Crippen molar-refractivity contribution in [2.24, 2.45) is 0 Å². The van der Waals surface area contributed by atoms with Crippen LogP contribution in [0, 0.1) is 0 Å². The van der Waals surface area contributed by atoms with Crippen LogP contribution in [0.4, 0.5) is 0 Å². The zero-order valence-electron chi connectivity index (χ0n) is 11.6. The van der Waals surface area contributed by atoms with Crippen molar-refractivity contribution in [2.45, 2.75) is 42.6 Å². The molecule has 3 rings (SSSR count). The third kappa shape index (κ3) is 4.22. The fraction of sp³-hybridized carbons (Fsp3) is 1.00. The second-order valence-corrected chi connectivity index (χ2v) is 9.59. The Kier molecular flexibility index (Phi) is 5.72. The second kappa shape index (κ2) is 7.30. The Morgan fingerprint density at radius 1 is 1.11 bits per heavy atom. The minimum Gasteiger partial charge on any atom is -0.375 e. The molecule has 2 unspecified atom stereocenters. The van der Waals surface area contributed by atoms with E-state index < -0.39 is 0 Å². The van der Waals surface area contributed by atoms with Crippen LogP contribution in [0.3, 0.4) is 0 Å². The fourth-order valence-electron chi connectivity index (χ4n) is 3.25. The van der Waals surface area contributed by atoms with Crippen molar-refractivity contribution in [1.82, 2.24) is 5.32 Å². The SMILES string of the molecule is C1CC(NCC2CSCCS2)CC2(CCSCC2)O1. The molecular formula is C14H25NOS3. The number of thioether (sulfide) groups is 3. The molecule has 3 heterocycles. The van der Waals surface area contributed by atoms with E-state index in [2.05, 4.69) is 40.6 Å². The van der Waals surface area contributed by atoms with Gasteiger partial charge in [-0.1, -0.05) is 0 Å². The van der Waals surface area contributed by atoms with Gasteiger partial charge in [0, 0.05) is 41.7 Å². The largest absolute Gasteiger partial charge is 0.375 e. The molecule has 2 nitrogen and oxygen atoms in total. The minimum absolute atomic E-state index is 0.232. The van der Waals surface area contributed by atoms with Gasteiger partial charge < -0.3 is 10.1 Å². The van der Waals surface area contributed by atoms with Gasteiger partial charge in [0.1, 0.15) is 0 Å². The first-order valence-electron chi connectivity index (χ1n) is 7.51. The topological polar surface area (TPSA) is 21.3 Å². The summed E-state index contributed by atoms with van der Waals surface area (Å²) in [6.45, 7) is 2.17. The molecule has 5 heteroatoms. The molecule has 0 aliphatic carbocycles. The van der Waals surface area contributed by atoms with Crippen molar-refractivity contribution >= 4 is 35.3 Å². The Balaban J connectivity index is 1.45. The number of ether oxygens (including phenoxy) is 1. The molecule has 0 aromatic carbocycles. The van der Waals surface area contributed by atoms with Crippen LogP contribution in [0.5, 0.6) is 0 Å². The predicted molar refractivity (Wildman–Crippen MR) is 89.8 cm³/mol. The van der Waals surface area contributed by atoms with Crippen LogP contribution < -0.4 is 5.32 Å². The molecule has 3 fully saturated rings. The number of rotatable bonds is 3. The van der Waals surface area contributed by atoms with Gasteiger partial charge in [-0.25, -0.2) is 0 Å². The Hall–Kier alpha value is 0.970. The Morgan fingerprint density at radius 2 is 2.00 bits per heavy atom. The van der Waals surface area contributed by atoms with Gasteiger partial charge in [0.05, 0.1) is 5.60 Å². The number of hydrogen-bond acceptors (Lipinski definition) is 5. The maximum Gasteiger partial charge on any atom is 0.0713 e. The standard InChI is InChI=1S/C14H25NOS3/c1-4-16-14(2-5-17-6-3-14)9-12(1)15-10-13-11-18-7-8-19-13/h12-13,15H,1-11H2.